The van der Waals surface area contributed by atoms with Crippen LogP contribution in [0.25, 0.3) is 60.5 Å². The van der Waals surface area contributed by atoms with Gasteiger partial charge in [-0.25, -0.2) is 0 Å². The maximum Gasteiger partial charge on any atom is 0.0541 e. The van der Waals surface area contributed by atoms with Gasteiger partial charge in [0, 0.05) is 16.5 Å². The molecule has 0 N–H and O–H groups in total. The predicted molar refractivity (Wildman–Crippen MR) is 159 cm³/mol. The lowest BCUT2D eigenvalue weighted by Crippen LogP contribution is -1.94. The van der Waals surface area contributed by atoms with E-state index in [1.54, 1.807) is 0 Å². The summed E-state index contributed by atoms with van der Waals surface area (Å²) in [6, 6.07) is 46.5. The number of aryl methyl sites for hydroxylation is 2. The molecule has 0 atom stereocenters. The first-order valence-electron chi connectivity index (χ1n) is 12.9. The summed E-state index contributed by atoms with van der Waals surface area (Å²) in [4.78, 5) is 0. The molecule has 0 radical (unpaired) electrons. The fourth-order valence-corrected chi connectivity index (χ4v) is 5.78. The van der Waals surface area contributed by atoms with Gasteiger partial charge in [-0.15, -0.1) is 0 Å². The molecule has 0 aliphatic rings. The Hall–Kier alpha value is -4.62. The van der Waals surface area contributed by atoms with Crippen LogP contribution in [0.3, 0.4) is 0 Å². The van der Waals surface area contributed by atoms with E-state index in [0.717, 1.165) is 0 Å². The normalized spacial score (nSPS) is 11.5. The van der Waals surface area contributed by atoms with Crippen LogP contribution < -0.4 is 0 Å². The van der Waals surface area contributed by atoms with Crippen molar-refractivity contribution >= 4 is 32.6 Å². The molecule has 0 unspecified atom stereocenters. The van der Waals surface area contributed by atoms with E-state index in [4.69, 9.17) is 0 Å². The fourth-order valence-electron chi connectivity index (χ4n) is 5.78. The maximum atomic E-state index is 2.37. The summed E-state index contributed by atoms with van der Waals surface area (Å²) < 4.78 is 2.37. The number of rotatable bonds is 3. The topological polar surface area (TPSA) is 4.93 Å². The molecular formula is C36H27N. The summed E-state index contributed by atoms with van der Waals surface area (Å²) in [7, 11) is 0. The fraction of sp³-hybridized carbons (Fsp3) is 0.0556. The highest BCUT2D eigenvalue weighted by Gasteiger charge is 2.15. The van der Waals surface area contributed by atoms with E-state index in [9.17, 15) is 0 Å². The Morgan fingerprint density at radius 3 is 1.70 bits per heavy atom. The van der Waals surface area contributed by atoms with Crippen LogP contribution in [0.15, 0.2) is 127 Å². The molecule has 176 valence electrons. The van der Waals surface area contributed by atoms with E-state index in [0.29, 0.717) is 0 Å². The van der Waals surface area contributed by atoms with Crippen LogP contribution in [0, 0.1) is 13.8 Å². The molecule has 7 rings (SSSR count). The quantitative estimate of drug-likeness (QED) is 0.241. The zero-order valence-corrected chi connectivity index (χ0v) is 21.1. The standard InChI is InChI=1S/C36H27N/c1-24-14-16-27(17-15-24)36-30(23-22-29-25(2)8-7-11-33(29)36)26-18-20-28(21-19-26)37-34-12-5-3-9-31(34)32-10-4-6-13-35(32)37/h3-23H,1-2H3. The molecule has 0 spiro atoms. The smallest absolute Gasteiger partial charge is 0.0541 e. The van der Waals surface area contributed by atoms with Gasteiger partial charge in [-0.2, -0.15) is 0 Å². The minimum Gasteiger partial charge on any atom is -0.309 e. The molecule has 0 saturated carbocycles. The number of hydrogen-bond donors (Lipinski definition) is 0. The number of para-hydroxylation sites is 2. The highest BCUT2D eigenvalue weighted by molar-refractivity contribution is 6.09. The Morgan fingerprint density at radius 2 is 1.03 bits per heavy atom. The van der Waals surface area contributed by atoms with Crippen LogP contribution >= 0.6 is 0 Å². The minimum absolute atomic E-state index is 1.18. The molecule has 1 nitrogen and oxygen atoms in total. The summed E-state index contributed by atoms with van der Waals surface area (Å²) in [6.45, 7) is 4.34. The van der Waals surface area contributed by atoms with Crippen LogP contribution in [0.1, 0.15) is 11.1 Å². The van der Waals surface area contributed by atoms with Gasteiger partial charge >= 0.3 is 0 Å². The van der Waals surface area contributed by atoms with Crippen molar-refractivity contribution in [2.24, 2.45) is 0 Å². The van der Waals surface area contributed by atoms with Gasteiger partial charge in [0.05, 0.1) is 11.0 Å². The van der Waals surface area contributed by atoms with Crippen molar-refractivity contribution in [3.05, 3.63) is 139 Å². The molecule has 1 heteroatoms. The average Bonchev–Trinajstić information content (AvgIpc) is 3.28. The summed E-state index contributed by atoms with van der Waals surface area (Å²) in [5.41, 5.74) is 11.3. The third-order valence-corrected chi connectivity index (χ3v) is 7.64. The van der Waals surface area contributed by atoms with Gasteiger partial charge in [0.25, 0.3) is 0 Å². The van der Waals surface area contributed by atoms with Crippen LogP contribution in [0.4, 0.5) is 0 Å². The van der Waals surface area contributed by atoms with E-state index in [-0.39, 0.29) is 0 Å². The van der Waals surface area contributed by atoms with E-state index in [1.807, 2.05) is 0 Å². The van der Waals surface area contributed by atoms with Crippen molar-refractivity contribution in [2.75, 3.05) is 0 Å². The van der Waals surface area contributed by atoms with Crippen molar-refractivity contribution in [2.45, 2.75) is 13.8 Å². The second-order valence-electron chi connectivity index (χ2n) is 9.94. The Bertz CT molecular complexity index is 1870. The average molecular weight is 474 g/mol. The molecule has 6 aromatic carbocycles. The molecule has 0 bridgehead atoms. The number of hydrogen-bond acceptors (Lipinski definition) is 0. The number of aromatic nitrogens is 1. The predicted octanol–water partition coefficient (Wildman–Crippen LogP) is 9.89. The van der Waals surface area contributed by atoms with Crippen molar-refractivity contribution in [1.82, 2.24) is 4.57 Å². The van der Waals surface area contributed by atoms with Crippen LogP contribution in [0.5, 0.6) is 0 Å². The zero-order valence-electron chi connectivity index (χ0n) is 21.1. The van der Waals surface area contributed by atoms with E-state index >= 15 is 0 Å². The molecule has 37 heavy (non-hydrogen) atoms. The van der Waals surface area contributed by atoms with Gasteiger partial charge in [0.2, 0.25) is 0 Å². The number of benzene rings is 6. The van der Waals surface area contributed by atoms with Gasteiger partial charge in [0.1, 0.15) is 0 Å². The van der Waals surface area contributed by atoms with Crippen molar-refractivity contribution in [1.29, 1.82) is 0 Å². The van der Waals surface area contributed by atoms with Crippen LogP contribution in [-0.2, 0) is 0 Å². The van der Waals surface area contributed by atoms with Crippen LogP contribution in [0.2, 0.25) is 0 Å². The Kier molecular flexibility index (Phi) is 4.97. The SMILES string of the molecule is Cc1ccc(-c2c(-c3ccc(-n4c5ccccc5c5ccccc54)cc3)ccc3c(C)cccc23)cc1. The van der Waals surface area contributed by atoms with Gasteiger partial charge in [-0.3, -0.25) is 0 Å². The lowest BCUT2D eigenvalue weighted by molar-refractivity contribution is 1.18. The highest BCUT2D eigenvalue weighted by Crippen LogP contribution is 2.40. The van der Waals surface area contributed by atoms with Crippen molar-refractivity contribution in [3.63, 3.8) is 0 Å². The van der Waals surface area contributed by atoms with Crippen molar-refractivity contribution < 1.29 is 0 Å². The molecule has 7 aromatic rings. The number of fused-ring (bicyclic) bond motifs is 4. The van der Waals surface area contributed by atoms with Gasteiger partial charge in [0.15, 0.2) is 0 Å². The minimum atomic E-state index is 1.18. The van der Waals surface area contributed by atoms with Gasteiger partial charge in [-0.1, -0.05) is 109 Å². The molecule has 0 saturated heterocycles. The molecule has 1 heterocycles. The maximum absolute atomic E-state index is 2.37. The van der Waals surface area contributed by atoms with E-state index in [2.05, 4.69) is 146 Å². The monoisotopic (exact) mass is 473 g/mol. The van der Waals surface area contributed by atoms with E-state index in [1.165, 1.54) is 71.6 Å². The summed E-state index contributed by atoms with van der Waals surface area (Å²) in [5.74, 6) is 0. The first-order chi connectivity index (χ1) is 18.2. The Balaban J connectivity index is 1.43. The molecule has 0 amide bonds. The van der Waals surface area contributed by atoms with Gasteiger partial charge < -0.3 is 4.57 Å². The molecular weight excluding hydrogens is 446 g/mol. The highest BCUT2D eigenvalue weighted by atomic mass is 15.0. The van der Waals surface area contributed by atoms with E-state index < -0.39 is 0 Å². The Labute approximate surface area is 217 Å². The summed E-state index contributed by atoms with van der Waals surface area (Å²) in [5, 5.41) is 5.18. The molecule has 0 aliphatic heterocycles. The lowest BCUT2D eigenvalue weighted by atomic mass is 9.88. The summed E-state index contributed by atoms with van der Waals surface area (Å²) >= 11 is 0. The molecule has 0 fully saturated rings. The van der Waals surface area contributed by atoms with Crippen LogP contribution in [-0.4, -0.2) is 4.57 Å². The summed E-state index contributed by atoms with van der Waals surface area (Å²) in [6.07, 6.45) is 0. The number of nitrogens with zero attached hydrogens (tertiary/aromatic N) is 1. The largest absolute Gasteiger partial charge is 0.309 e. The first kappa shape index (κ1) is 21.6. The molecule has 0 aliphatic carbocycles. The van der Waals surface area contributed by atoms with Gasteiger partial charge in [-0.05, 0) is 76.7 Å². The molecule has 1 aromatic heterocycles. The third kappa shape index (κ3) is 3.47. The first-order valence-corrected chi connectivity index (χ1v) is 12.9. The third-order valence-electron chi connectivity index (χ3n) is 7.64. The van der Waals surface area contributed by atoms with Crippen molar-refractivity contribution in [3.8, 4) is 27.9 Å². The second kappa shape index (κ2) is 8.50. The Morgan fingerprint density at radius 1 is 0.432 bits per heavy atom. The zero-order chi connectivity index (χ0) is 24.9. The lowest BCUT2D eigenvalue weighted by Gasteiger charge is -2.16. The second-order valence-corrected chi connectivity index (χ2v) is 9.94.